The monoisotopic (exact) mass is 323 g/mol. The third-order valence-electron chi connectivity index (χ3n) is 3.47. The third kappa shape index (κ3) is 3.98. The maximum absolute atomic E-state index is 12.0. The molecule has 1 amide bonds. The zero-order valence-corrected chi connectivity index (χ0v) is 13.2. The van der Waals surface area contributed by atoms with E-state index in [-0.39, 0.29) is 12.3 Å². The van der Waals surface area contributed by atoms with E-state index in [1.54, 1.807) is 19.4 Å². The molecule has 0 fully saturated rings. The van der Waals surface area contributed by atoms with E-state index in [4.69, 9.17) is 9.26 Å². The van der Waals surface area contributed by atoms with Crippen LogP contribution in [-0.4, -0.2) is 23.2 Å². The van der Waals surface area contributed by atoms with Gasteiger partial charge in [0.15, 0.2) is 5.76 Å². The number of amides is 1. The SMILES string of the molecule is COc1ccc(-c2cc(CC(=O)NCc3ccccn3)no2)cc1. The third-order valence-corrected chi connectivity index (χ3v) is 3.47. The van der Waals surface area contributed by atoms with Crippen LogP contribution >= 0.6 is 0 Å². The number of aromatic nitrogens is 2. The summed E-state index contributed by atoms with van der Waals surface area (Å²) in [6, 6.07) is 14.8. The molecule has 2 heterocycles. The van der Waals surface area contributed by atoms with Crippen molar-refractivity contribution in [3.05, 3.63) is 66.1 Å². The summed E-state index contributed by atoms with van der Waals surface area (Å²) < 4.78 is 10.4. The summed E-state index contributed by atoms with van der Waals surface area (Å²) in [6.45, 7) is 0.392. The predicted molar refractivity (Wildman–Crippen MR) is 88.3 cm³/mol. The number of nitrogens with zero attached hydrogens (tertiary/aromatic N) is 2. The Morgan fingerprint density at radius 1 is 1.17 bits per heavy atom. The van der Waals surface area contributed by atoms with Crippen molar-refractivity contribution in [1.29, 1.82) is 0 Å². The Labute approximate surface area is 139 Å². The first kappa shape index (κ1) is 15.7. The number of rotatable bonds is 6. The highest BCUT2D eigenvalue weighted by Gasteiger charge is 2.11. The summed E-state index contributed by atoms with van der Waals surface area (Å²) in [5, 5.41) is 6.76. The fraction of sp³-hybridized carbons (Fsp3) is 0.167. The maximum atomic E-state index is 12.0. The van der Waals surface area contributed by atoms with Gasteiger partial charge >= 0.3 is 0 Å². The molecule has 122 valence electrons. The Bertz CT molecular complexity index is 798. The first-order valence-electron chi connectivity index (χ1n) is 7.51. The summed E-state index contributed by atoms with van der Waals surface area (Å²) >= 11 is 0. The lowest BCUT2D eigenvalue weighted by Crippen LogP contribution is -2.25. The predicted octanol–water partition coefficient (Wildman–Crippen LogP) is 2.60. The van der Waals surface area contributed by atoms with Crippen molar-refractivity contribution in [1.82, 2.24) is 15.5 Å². The Kier molecular flexibility index (Phi) is 4.86. The summed E-state index contributed by atoms with van der Waals surface area (Å²) in [6.07, 6.45) is 1.85. The molecule has 1 N–H and O–H groups in total. The van der Waals surface area contributed by atoms with E-state index in [0.717, 1.165) is 17.0 Å². The molecule has 6 heteroatoms. The molecule has 2 aromatic heterocycles. The standard InChI is InChI=1S/C18H17N3O3/c1-23-16-7-5-13(6-8-16)17-10-15(21-24-17)11-18(22)20-12-14-4-2-3-9-19-14/h2-10H,11-12H2,1H3,(H,20,22). The highest BCUT2D eigenvalue weighted by molar-refractivity contribution is 5.78. The van der Waals surface area contributed by atoms with Crippen molar-refractivity contribution in [3.63, 3.8) is 0 Å². The zero-order valence-electron chi connectivity index (χ0n) is 13.2. The molecule has 0 aliphatic carbocycles. The fourth-order valence-corrected chi connectivity index (χ4v) is 2.21. The van der Waals surface area contributed by atoms with E-state index >= 15 is 0 Å². The number of methoxy groups -OCH3 is 1. The van der Waals surface area contributed by atoms with Crippen LogP contribution in [0.1, 0.15) is 11.4 Å². The average molecular weight is 323 g/mol. The molecule has 0 spiro atoms. The second-order valence-electron chi connectivity index (χ2n) is 5.19. The maximum Gasteiger partial charge on any atom is 0.226 e. The van der Waals surface area contributed by atoms with Crippen molar-refractivity contribution in [2.24, 2.45) is 0 Å². The minimum absolute atomic E-state index is 0.129. The molecule has 0 bridgehead atoms. The number of hydrogen-bond acceptors (Lipinski definition) is 5. The van der Waals surface area contributed by atoms with Gasteiger partial charge in [-0.05, 0) is 36.4 Å². The second kappa shape index (κ2) is 7.41. The molecule has 1 aromatic carbocycles. The summed E-state index contributed by atoms with van der Waals surface area (Å²) in [7, 11) is 1.62. The van der Waals surface area contributed by atoms with E-state index in [1.165, 1.54) is 0 Å². The van der Waals surface area contributed by atoms with E-state index in [9.17, 15) is 4.79 Å². The van der Waals surface area contributed by atoms with E-state index < -0.39 is 0 Å². The van der Waals surface area contributed by atoms with E-state index in [0.29, 0.717) is 18.0 Å². The molecule has 3 aromatic rings. The fourth-order valence-electron chi connectivity index (χ4n) is 2.21. The molecule has 0 unspecified atom stereocenters. The van der Waals surface area contributed by atoms with Gasteiger partial charge in [0, 0.05) is 17.8 Å². The van der Waals surface area contributed by atoms with Crippen LogP contribution in [0, 0.1) is 0 Å². The van der Waals surface area contributed by atoms with Gasteiger partial charge in [-0.15, -0.1) is 0 Å². The molecule has 0 radical (unpaired) electrons. The summed E-state index contributed by atoms with van der Waals surface area (Å²) in [4.78, 5) is 16.1. The number of nitrogens with one attached hydrogen (secondary N) is 1. The van der Waals surface area contributed by atoms with Gasteiger partial charge in [-0.25, -0.2) is 0 Å². The van der Waals surface area contributed by atoms with Gasteiger partial charge in [0.05, 0.1) is 31.5 Å². The Hall–Kier alpha value is -3.15. The van der Waals surface area contributed by atoms with Crippen LogP contribution in [-0.2, 0) is 17.8 Å². The van der Waals surface area contributed by atoms with Crippen molar-refractivity contribution >= 4 is 5.91 Å². The Morgan fingerprint density at radius 3 is 2.71 bits per heavy atom. The first-order valence-corrected chi connectivity index (χ1v) is 7.51. The number of ether oxygens (including phenoxy) is 1. The minimum Gasteiger partial charge on any atom is -0.497 e. The van der Waals surface area contributed by atoms with Crippen molar-refractivity contribution in [2.45, 2.75) is 13.0 Å². The van der Waals surface area contributed by atoms with Crippen LogP contribution in [0.4, 0.5) is 0 Å². The number of carbonyl (C=O) groups excluding carboxylic acids is 1. The highest BCUT2D eigenvalue weighted by Crippen LogP contribution is 2.23. The van der Waals surface area contributed by atoms with Gasteiger partial charge < -0.3 is 14.6 Å². The normalized spacial score (nSPS) is 10.4. The quantitative estimate of drug-likeness (QED) is 0.754. The van der Waals surface area contributed by atoms with Gasteiger partial charge in [-0.2, -0.15) is 0 Å². The topological polar surface area (TPSA) is 77.2 Å². The summed E-state index contributed by atoms with van der Waals surface area (Å²) in [5.74, 6) is 1.26. The molecule has 24 heavy (non-hydrogen) atoms. The zero-order chi connectivity index (χ0) is 16.8. The van der Waals surface area contributed by atoms with Gasteiger partial charge in [0.1, 0.15) is 5.75 Å². The molecule has 0 saturated heterocycles. The van der Waals surface area contributed by atoms with Crippen molar-refractivity contribution in [2.75, 3.05) is 7.11 Å². The largest absolute Gasteiger partial charge is 0.497 e. The van der Waals surface area contributed by atoms with Crippen LogP contribution < -0.4 is 10.1 Å². The number of carbonyl (C=O) groups is 1. The molecule has 0 aliphatic rings. The Morgan fingerprint density at radius 2 is 2.00 bits per heavy atom. The molecular formula is C18H17N3O3. The van der Waals surface area contributed by atoms with Crippen LogP contribution in [0.2, 0.25) is 0 Å². The van der Waals surface area contributed by atoms with Gasteiger partial charge in [-0.3, -0.25) is 9.78 Å². The van der Waals surface area contributed by atoms with E-state index in [1.807, 2.05) is 42.5 Å². The number of pyridine rings is 1. The van der Waals surface area contributed by atoms with Crippen molar-refractivity contribution < 1.29 is 14.1 Å². The smallest absolute Gasteiger partial charge is 0.226 e. The lowest BCUT2D eigenvalue weighted by atomic mass is 10.1. The minimum atomic E-state index is -0.129. The lowest BCUT2D eigenvalue weighted by molar-refractivity contribution is -0.120. The second-order valence-corrected chi connectivity index (χ2v) is 5.19. The lowest BCUT2D eigenvalue weighted by Gasteiger charge is -2.02. The first-order chi connectivity index (χ1) is 11.7. The molecule has 0 atom stereocenters. The molecule has 0 saturated carbocycles. The highest BCUT2D eigenvalue weighted by atomic mass is 16.5. The van der Waals surface area contributed by atoms with Crippen LogP contribution in [0.3, 0.4) is 0 Å². The van der Waals surface area contributed by atoms with Crippen LogP contribution in [0.25, 0.3) is 11.3 Å². The van der Waals surface area contributed by atoms with Crippen molar-refractivity contribution in [3.8, 4) is 17.1 Å². The number of benzene rings is 1. The van der Waals surface area contributed by atoms with Gasteiger partial charge in [0.25, 0.3) is 0 Å². The number of hydrogen-bond donors (Lipinski definition) is 1. The molecule has 0 aliphatic heterocycles. The summed E-state index contributed by atoms with van der Waals surface area (Å²) in [5.41, 5.74) is 2.27. The van der Waals surface area contributed by atoms with Crippen LogP contribution in [0.5, 0.6) is 5.75 Å². The molecular weight excluding hydrogens is 306 g/mol. The van der Waals surface area contributed by atoms with Gasteiger partial charge in [0.2, 0.25) is 5.91 Å². The molecule has 6 nitrogen and oxygen atoms in total. The van der Waals surface area contributed by atoms with E-state index in [2.05, 4.69) is 15.5 Å². The average Bonchev–Trinajstić information content (AvgIpc) is 3.09. The Balaban J connectivity index is 1.58. The van der Waals surface area contributed by atoms with Gasteiger partial charge in [-0.1, -0.05) is 11.2 Å². The molecule has 3 rings (SSSR count). The van der Waals surface area contributed by atoms with Crippen LogP contribution in [0.15, 0.2) is 59.3 Å².